The molecule has 0 spiro atoms. The number of aromatic nitrogens is 5. The Bertz CT molecular complexity index is 1280. The number of carbonyl (C=O) groups is 1. The standard InChI is InChI=1S/C22H22N8O2/c1-14-27-28-22(32-14)18-9-16-10-19(25-13-17(16)12-24-18)26-21(31)15-3-4-23-20(11-15)30-7-5-29(2)6-8-30/h3-4,9-13H,5-8H2,1-2H3,(H,25,26,31). The Morgan fingerprint density at radius 1 is 1.00 bits per heavy atom. The molecule has 1 fully saturated rings. The Balaban J connectivity index is 1.36. The summed E-state index contributed by atoms with van der Waals surface area (Å²) in [7, 11) is 2.10. The second-order valence-corrected chi connectivity index (χ2v) is 7.76. The van der Waals surface area contributed by atoms with Crippen LogP contribution in [0, 0.1) is 6.92 Å². The molecular weight excluding hydrogens is 408 g/mol. The van der Waals surface area contributed by atoms with E-state index in [4.69, 9.17) is 4.42 Å². The van der Waals surface area contributed by atoms with Gasteiger partial charge in [-0.25, -0.2) is 9.97 Å². The maximum Gasteiger partial charge on any atom is 0.266 e. The number of fused-ring (bicyclic) bond motifs is 1. The number of rotatable bonds is 4. The Labute approximate surface area is 184 Å². The summed E-state index contributed by atoms with van der Waals surface area (Å²) in [6.45, 7) is 5.44. The maximum atomic E-state index is 12.9. The number of nitrogens with one attached hydrogen (secondary N) is 1. The number of nitrogens with zero attached hydrogens (tertiary/aromatic N) is 7. The van der Waals surface area contributed by atoms with Crippen molar-refractivity contribution in [1.29, 1.82) is 0 Å². The molecule has 0 radical (unpaired) electrons. The predicted molar refractivity (Wildman–Crippen MR) is 119 cm³/mol. The van der Waals surface area contributed by atoms with Crippen LogP contribution in [0.4, 0.5) is 11.6 Å². The second kappa shape index (κ2) is 8.31. The third-order valence-corrected chi connectivity index (χ3v) is 5.42. The van der Waals surface area contributed by atoms with E-state index in [0.717, 1.165) is 42.8 Å². The lowest BCUT2D eigenvalue weighted by atomic mass is 10.2. The first-order valence-electron chi connectivity index (χ1n) is 10.3. The van der Waals surface area contributed by atoms with Crippen LogP contribution in [-0.4, -0.2) is 69.2 Å². The largest absolute Gasteiger partial charge is 0.420 e. The average molecular weight is 430 g/mol. The fraction of sp³-hybridized carbons (Fsp3) is 0.273. The molecule has 32 heavy (non-hydrogen) atoms. The van der Waals surface area contributed by atoms with Crippen molar-refractivity contribution >= 4 is 28.3 Å². The highest BCUT2D eigenvalue weighted by Crippen LogP contribution is 2.23. The number of pyridine rings is 3. The number of piperazine rings is 1. The zero-order valence-electron chi connectivity index (χ0n) is 17.8. The van der Waals surface area contributed by atoms with Crippen molar-refractivity contribution < 1.29 is 9.21 Å². The molecule has 1 aliphatic heterocycles. The summed E-state index contributed by atoms with van der Waals surface area (Å²) in [5, 5.41) is 12.4. The zero-order valence-corrected chi connectivity index (χ0v) is 17.8. The van der Waals surface area contributed by atoms with Gasteiger partial charge in [0.1, 0.15) is 17.3 Å². The van der Waals surface area contributed by atoms with Gasteiger partial charge in [-0.1, -0.05) is 0 Å². The van der Waals surface area contributed by atoms with Crippen LogP contribution in [0.2, 0.25) is 0 Å². The minimum Gasteiger partial charge on any atom is -0.420 e. The van der Waals surface area contributed by atoms with Crippen LogP contribution in [0.3, 0.4) is 0 Å². The van der Waals surface area contributed by atoms with E-state index in [1.807, 2.05) is 12.1 Å². The van der Waals surface area contributed by atoms with Crippen LogP contribution in [0.1, 0.15) is 16.2 Å². The van der Waals surface area contributed by atoms with Gasteiger partial charge in [0.15, 0.2) is 0 Å². The van der Waals surface area contributed by atoms with Crippen LogP contribution in [0.15, 0.2) is 47.3 Å². The van der Waals surface area contributed by atoms with Crippen LogP contribution >= 0.6 is 0 Å². The molecule has 5 heterocycles. The summed E-state index contributed by atoms with van der Waals surface area (Å²) in [4.78, 5) is 30.5. The van der Waals surface area contributed by atoms with Crippen molar-refractivity contribution in [2.45, 2.75) is 6.92 Å². The zero-order chi connectivity index (χ0) is 22.1. The number of hydrogen-bond donors (Lipinski definition) is 1. The van der Waals surface area contributed by atoms with E-state index >= 15 is 0 Å². The molecule has 1 aliphatic rings. The van der Waals surface area contributed by atoms with Crippen molar-refractivity contribution in [3.05, 3.63) is 54.3 Å². The molecule has 4 aromatic heterocycles. The van der Waals surface area contributed by atoms with Crippen LogP contribution in [-0.2, 0) is 0 Å². The van der Waals surface area contributed by atoms with Crippen LogP contribution < -0.4 is 10.2 Å². The van der Waals surface area contributed by atoms with Crippen molar-refractivity contribution in [1.82, 2.24) is 30.0 Å². The summed E-state index contributed by atoms with van der Waals surface area (Å²) in [6.07, 6.45) is 5.03. The van der Waals surface area contributed by atoms with Crippen LogP contribution in [0.25, 0.3) is 22.4 Å². The Hall–Kier alpha value is -3.92. The van der Waals surface area contributed by atoms with Gasteiger partial charge in [-0.2, -0.15) is 0 Å². The normalized spacial score (nSPS) is 14.6. The van der Waals surface area contributed by atoms with E-state index in [-0.39, 0.29) is 5.91 Å². The molecule has 0 bridgehead atoms. The van der Waals surface area contributed by atoms with E-state index in [1.165, 1.54) is 0 Å². The Morgan fingerprint density at radius 3 is 2.59 bits per heavy atom. The third-order valence-electron chi connectivity index (χ3n) is 5.42. The molecule has 162 valence electrons. The molecule has 0 saturated carbocycles. The molecule has 0 unspecified atom stereocenters. The lowest BCUT2D eigenvalue weighted by Crippen LogP contribution is -2.44. The van der Waals surface area contributed by atoms with Gasteiger partial charge in [0.05, 0.1) is 0 Å². The van der Waals surface area contributed by atoms with Gasteiger partial charge in [0.2, 0.25) is 5.89 Å². The fourth-order valence-corrected chi connectivity index (χ4v) is 3.58. The lowest BCUT2D eigenvalue weighted by Gasteiger charge is -2.33. The maximum absolute atomic E-state index is 12.9. The first-order chi connectivity index (χ1) is 15.5. The minimum atomic E-state index is -0.239. The summed E-state index contributed by atoms with van der Waals surface area (Å²) in [5.74, 6) is 1.83. The molecule has 0 aromatic carbocycles. The van der Waals surface area contributed by atoms with Gasteiger partial charge in [-0.15, -0.1) is 10.2 Å². The molecule has 10 nitrogen and oxygen atoms in total. The fourth-order valence-electron chi connectivity index (χ4n) is 3.58. The van der Waals surface area contributed by atoms with Crippen molar-refractivity contribution in [2.75, 3.05) is 43.4 Å². The monoisotopic (exact) mass is 430 g/mol. The van der Waals surface area contributed by atoms with Gasteiger partial charge in [0.25, 0.3) is 11.8 Å². The molecule has 1 N–H and O–H groups in total. The summed E-state index contributed by atoms with van der Waals surface area (Å²) >= 11 is 0. The molecule has 5 rings (SSSR count). The van der Waals surface area contributed by atoms with Crippen molar-refractivity contribution in [3.8, 4) is 11.6 Å². The smallest absolute Gasteiger partial charge is 0.266 e. The summed E-state index contributed by atoms with van der Waals surface area (Å²) in [5.41, 5.74) is 1.10. The molecule has 1 saturated heterocycles. The Morgan fingerprint density at radius 2 is 1.81 bits per heavy atom. The highest BCUT2D eigenvalue weighted by molar-refractivity contribution is 6.04. The number of amides is 1. The van der Waals surface area contributed by atoms with Crippen molar-refractivity contribution in [2.24, 2.45) is 0 Å². The first-order valence-corrected chi connectivity index (χ1v) is 10.3. The number of carbonyl (C=O) groups excluding carboxylic acids is 1. The predicted octanol–water partition coefficient (Wildman–Crippen LogP) is 2.39. The van der Waals surface area contributed by atoms with Crippen molar-refractivity contribution in [3.63, 3.8) is 0 Å². The average Bonchev–Trinajstić information content (AvgIpc) is 3.25. The molecule has 4 aromatic rings. The van der Waals surface area contributed by atoms with Gasteiger partial charge in [0, 0.05) is 62.6 Å². The van der Waals surface area contributed by atoms with Gasteiger partial charge < -0.3 is 19.5 Å². The molecule has 0 atom stereocenters. The first kappa shape index (κ1) is 20.0. The molecule has 0 aliphatic carbocycles. The van der Waals surface area contributed by atoms with Gasteiger partial charge >= 0.3 is 0 Å². The van der Waals surface area contributed by atoms with E-state index < -0.39 is 0 Å². The molecule has 10 heteroatoms. The molecular formula is C22H22N8O2. The SMILES string of the molecule is Cc1nnc(-c2cc3cc(NC(=O)c4ccnc(N5CCN(C)CC5)c4)ncc3cn2)o1. The summed E-state index contributed by atoms with van der Waals surface area (Å²) < 4.78 is 5.46. The van der Waals surface area contributed by atoms with E-state index in [0.29, 0.717) is 28.9 Å². The summed E-state index contributed by atoms with van der Waals surface area (Å²) in [6, 6.07) is 7.15. The lowest BCUT2D eigenvalue weighted by molar-refractivity contribution is 0.102. The Kier molecular flexibility index (Phi) is 5.20. The third kappa shape index (κ3) is 4.12. The molecule has 1 amide bonds. The number of aryl methyl sites for hydroxylation is 1. The quantitative estimate of drug-likeness (QED) is 0.521. The van der Waals surface area contributed by atoms with E-state index in [9.17, 15) is 4.79 Å². The highest BCUT2D eigenvalue weighted by atomic mass is 16.4. The second-order valence-electron chi connectivity index (χ2n) is 7.76. The van der Waals surface area contributed by atoms with E-state index in [2.05, 4.69) is 47.3 Å². The highest BCUT2D eigenvalue weighted by Gasteiger charge is 2.17. The number of likely N-dealkylation sites (N-methyl/N-ethyl adjacent to an activating group) is 1. The topological polar surface area (TPSA) is 113 Å². The van der Waals surface area contributed by atoms with Crippen LogP contribution in [0.5, 0.6) is 0 Å². The number of anilines is 2. The minimum absolute atomic E-state index is 0.239. The van der Waals surface area contributed by atoms with Gasteiger partial charge in [-0.3, -0.25) is 9.78 Å². The van der Waals surface area contributed by atoms with Gasteiger partial charge in [-0.05, 0) is 36.7 Å². The number of hydrogen-bond acceptors (Lipinski definition) is 9. The van der Waals surface area contributed by atoms with E-state index in [1.54, 1.807) is 37.6 Å².